The average molecular weight is 260 g/mol. The van der Waals surface area contributed by atoms with Gasteiger partial charge in [-0.15, -0.1) is 0 Å². The summed E-state index contributed by atoms with van der Waals surface area (Å²) >= 11 is 0. The number of alkyl halides is 5. The first-order valence-corrected chi connectivity index (χ1v) is 4.74. The summed E-state index contributed by atoms with van der Waals surface area (Å²) in [5, 5.41) is 0. The molecule has 7 heteroatoms. The Morgan fingerprint density at radius 1 is 1.35 bits per heavy atom. The lowest BCUT2D eigenvalue weighted by Crippen LogP contribution is -2.47. The highest BCUT2D eigenvalue weighted by Crippen LogP contribution is 2.40. The van der Waals surface area contributed by atoms with Gasteiger partial charge in [0.2, 0.25) is 0 Å². The van der Waals surface area contributed by atoms with Crippen LogP contribution in [0.1, 0.15) is 20.3 Å². The van der Waals surface area contributed by atoms with Crippen LogP contribution in [0.3, 0.4) is 0 Å². The molecular formula is C10H13F5O2. The first kappa shape index (κ1) is 15.9. The van der Waals surface area contributed by atoms with Crippen molar-refractivity contribution in [2.45, 2.75) is 38.3 Å². The maximum atomic E-state index is 12.9. The van der Waals surface area contributed by atoms with Gasteiger partial charge >= 0.3 is 17.8 Å². The van der Waals surface area contributed by atoms with Gasteiger partial charge in [0.05, 0.1) is 13.0 Å². The zero-order valence-electron chi connectivity index (χ0n) is 9.40. The Hall–Kier alpha value is -1.14. The molecule has 0 radical (unpaired) electrons. The van der Waals surface area contributed by atoms with Crippen molar-refractivity contribution in [1.82, 2.24) is 0 Å². The molecule has 0 rings (SSSR count). The van der Waals surface area contributed by atoms with Gasteiger partial charge in [-0.05, 0) is 13.8 Å². The fraction of sp³-hybridized carbons (Fsp3) is 0.700. The Morgan fingerprint density at radius 2 is 1.82 bits per heavy atom. The van der Waals surface area contributed by atoms with Crippen LogP contribution in [-0.2, 0) is 9.53 Å². The minimum absolute atomic E-state index is 0.0427. The third-order valence-corrected chi connectivity index (χ3v) is 1.98. The molecule has 0 N–H and O–H groups in total. The third kappa shape index (κ3) is 3.98. The zero-order chi connectivity index (χ0) is 13.9. The van der Waals surface area contributed by atoms with Gasteiger partial charge in [-0.25, -0.2) is 9.18 Å². The van der Waals surface area contributed by atoms with Gasteiger partial charge in [0.1, 0.15) is 0 Å². The minimum atomic E-state index is -4.79. The highest BCUT2D eigenvalue weighted by atomic mass is 19.3. The highest BCUT2D eigenvalue weighted by molar-refractivity contribution is 5.86. The molecule has 1 atom stereocenters. The smallest absolute Gasteiger partial charge is 0.340 e. The van der Waals surface area contributed by atoms with Crippen molar-refractivity contribution in [3.8, 4) is 0 Å². The molecule has 2 nitrogen and oxygen atoms in total. The molecule has 0 spiro atoms. The SMILES string of the molecule is C=C(C)C(=O)OCCC(F)(F)C(F)(F)C(C)F. The second kappa shape index (κ2) is 5.46. The standard InChI is InChI=1S/C10H13F5O2/c1-6(2)8(16)17-5-4-9(12,13)10(14,15)7(3)11/h7H,1,4-5H2,2-3H3. The molecule has 0 aromatic heterocycles. The van der Waals surface area contributed by atoms with Crippen LogP contribution in [0.15, 0.2) is 12.2 Å². The van der Waals surface area contributed by atoms with Crippen LogP contribution in [0.2, 0.25) is 0 Å². The molecule has 0 bridgehead atoms. The van der Waals surface area contributed by atoms with E-state index in [2.05, 4.69) is 11.3 Å². The zero-order valence-corrected chi connectivity index (χ0v) is 9.40. The van der Waals surface area contributed by atoms with Gasteiger partial charge in [0.25, 0.3) is 0 Å². The number of hydrogen-bond acceptors (Lipinski definition) is 2. The molecule has 100 valence electrons. The van der Waals surface area contributed by atoms with Crippen molar-refractivity contribution in [2.24, 2.45) is 0 Å². The predicted molar refractivity (Wildman–Crippen MR) is 50.9 cm³/mol. The number of rotatable bonds is 6. The molecule has 0 saturated heterocycles. The quantitative estimate of drug-likeness (QED) is 0.416. The normalized spacial score (nSPS) is 14.3. The summed E-state index contributed by atoms with van der Waals surface area (Å²) in [6.07, 6.45) is -4.44. The van der Waals surface area contributed by atoms with E-state index < -0.39 is 37.0 Å². The van der Waals surface area contributed by atoms with Gasteiger partial charge in [0.15, 0.2) is 6.17 Å². The lowest BCUT2D eigenvalue weighted by Gasteiger charge is -2.27. The summed E-state index contributed by atoms with van der Waals surface area (Å²) in [5.41, 5.74) is -0.0427. The lowest BCUT2D eigenvalue weighted by atomic mass is 10.1. The summed E-state index contributed by atoms with van der Waals surface area (Å²) in [6.45, 7) is 3.86. The fourth-order valence-corrected chi connectivity index (χ4v) is 0.853. The molecule has 0 aliphatic carbocycles. The summed E-state index contributed by atoms with van der Waals surface area (Å²) in [5.74, 6) is -10.3. The number of hydrogen-bond donors (Lipinski definition) is 0. The second-order valence-corrected chi connectivity index (χ2v) is 3.61. The molecule has 17 heavy (non-hydrogen) atoms. The van der Waals surface area contributed by atoms with Crippen LogP contribution in [0.5, 0.6) is 0 Å². The minimum Gasteiger partial charge on any atom is -0.462 e. The molecule has 0 aliphatic rings. The summed E-state index contributed by atoms with van der Waals surface area (Å²) in [4.78, 5) is 10.8. The first-order chi connectivity index (χ1) is 7.52. The van der Waals surface area contributed by atoms with Gasteiger partial charge in [-0.3, -0.25) is 0 Å². The van der Waals surface area contributed by atoms with E-state index in [0.29, 0.717) is 6.92 Å². The molecule has 0 amide bonds. The van der Waals surface area contributed by atoms with Crippen LogP contribution in [0.4, 0.5) is 22.0 Å². The molecular weight excluding hydrogens is 247 g/mol. The highest BCUT2D eigenvalue weighted by Gasteiger charge is 2.59. The largest absolute Gasteiger partial charge is 0.462 e. The maximum absolute atomic E-state index is 12.9. The van der Waals surface area contributed by atoms with Crippen molar-refractivity contribution in [2.75, 3.05) is 6.61 Å². The van der Waals surface area contributed by atoms with E-state index >= 15 is 0 Å². The van der Waals surface area contributed by atoms with E-state index in [1.165, 1.54) is 6.92 Å². The van der Waals surface area contributed by atoms with Gasteiger partial charge in [0, 0.05) is 5.57 Å². The van der Waals surface area contributed by atoms with Crippen LogP contribution < -0.4 is 0 Å². The summed E-state index contributed by atoms with van der Waals surface area (Å²) in [7, 11) is 0. The Kier molecular flexibility index (Phi) is 5.10. The van der Waals surface area contributed by atoms with Gasteiger partial charge in [-0.1, -0.05) is 6.58 Å². The predicted octanol–water partition coefficient (Wildman–Crippen LogP) is 3.12. The number of halogens is 5. The van der Waals surface area contributed by atoms with Gasteiger partial charge in [-0.2, -0.15) is 17.6 Å². The second-order valence-electron chi connectivity index (χ2n) is 3.61. The molecule has 0 aromatic rings. The van der Waals surface area contributed by atoms with E-state index in [9.17, 15) is 26.7 Å². The number of carbonyl (C=O) groups is 1. The van der Waals surface area contributed by atoms with Crippen LogP contribution in [-0.4, -0.2) is 30.6 Å². The molecule has 1 unspecified atom stereocenters. The monoisotopic (exact) mass is 260 g/mol. The molecule has 0 heterocycles. The Labute approximate surface area is 95.4 Å². The van der Waals surface area contributed by atoms with Crippen LogP contribution in [0, 0.1) is 0 Å². The van der Waals surface area contributed by atoms with Gasteiger partial charge < -0.3 is 4.74 Å². The fourth-order valence-electron chi connectivity index (χ4n) is 0.853. The van der Waals surface area contributed by atoms with E-state index in [1.54, 1.807) is 0 Å². The van der Waals surface area contributed by atoms with E-state index in [-0.39, 0.29) is 5.57 Å². The number of esters is 1. The van der Waals surface area contributed by atoms with Crippen molar-refractivity contribution in [3.05, 3.63) is 12.2 Å². The van der Waals surface area contributed by atoms with E-state index in [1.807, 2.05) is 0 Å². The molecule has 0 fully saturated rings. The van der Waals surface area contributed by atoms with Crippen LogP contribution in [0.25, 0.3) is 0 Å². The molecule has 0 saturated carbocycles. The maximum Gasteiger partial charge on any atom is 0.340 e. The average Bonchev–Trinajstić information content (AvgIpc) is 2.16. The van der Waals surface area contributed by atoms with Crippen molar-refractivity contribution >= 4 is 5.97 Å². The van der Waals surface area contributed by atoms with Crippen molar-refractivity contribution < 1.29 is 31.5 Å². The summed E-state index contributed by atoms with van der Waals surface area (Å²) < 4.78 is 67.8. The topological polar surface area (TPSA) is 26.3 Å². The lowest BCUT2D eigenvalue weighted by molar-refractivity contribution is -0.241. The number of ether oxygens (including phenoxy) is 1. The third-order valence-electron chi connectivity index (χ3n) is 1.98. The van der Waals surface area contributed by atoms with Crippen LogP contribution >= 0.6 is 0 Å². The van der Waals surface area contributed by atoms with Crippen molar-refractivity contribution in [1.29, 1.82) is 0 Å². The Morgan fingerprint density at radius 3 is 2.18 bits per heavy atom. The van der Waals surface area contributed by atoms with E-state index in [4.69, 9.17) is 0 Å². The Bertz CT molecular complexity index is 299. The molecule has 0 aromatic carbocycles. The molecule has 0 aliphatic heterocycles. The van der Waals surface area contributed by atoms with Crippen molar-refractivity contribution in [3.63, 3.8) is 0 Å². The first-order valence-electron chi connectivity index (χ1n) is 4.74. The number of carbonyl (C=O) groups excluding carboxylic acids is 1. The summed E-state index contributed by atoms with van der Waals surface area (Å²) in [6, 6.07) is 0. The van der Waals surface area contributed by atoms with E-state index in [0.717, 1.165) is 0 Å². The Balaban J connectivity index is 4.38.